The summed E-state index contributed by atoms with van der Waals surface area (Å²) in [4.78, 5) is 25.5. The van der Waals surface area contributed by atoms with Gasteiger partial charge >= 0.3 is 0 Å². The van der Waals surface area contributed by atoms with Crippen LogP contribution in [-0.4, -0.2) is 41.4 Å². The van der Waals surface area contributed by atoms with E-state index in [0.717, 1.165) is 35.9 Å². The van der Waals surface area contributed by atoms with Crippen LogP contribution < -0.4 is 4.90 Å². The molecule has 1 amide bonds. The molecule has 0 spiro atoms. The van der Waals surface area contributed by atoms with E-state index in [9.17, 15) is 4.79 Å². The predicted molar refractivity (Wildman–Crippen MR) is 92.8 cm³/mol. The Morgan fingerprint density at radius 2 is 2.30 bits per heavy atom. The average Bonchev–Trinajstić information content (AvgIpc) is 3.16. The summed E-state index contributed by atoms with van der Waals surface area (Å²) in [6.45, 7) is 2.79. The molecule has 0 bridgehead atoms. The van der Waals surface area contributed by atoms with Crippen LogP contribution in [0.5, 0.6) is 0 Å². The fourth-order valence-electron chi connectivity index (χ4n) is 3.04. The number of carbonyl (C=O) groups is 1. The summed E-state index contributed by atoms with van der Waals surface area (Å²) >= 11 is 1.60. The first-order valence-corrected chi connectivity index (χ1v) is 8.76. The molecule has 2 aromatic rings. The highest BCUT2D eigenvalue weighted by atomic mass is 32.1. The minimum atomic E-state index is 0.156. The quantitative estimate of drug-likeness (QED) is 0.865. The molecule has 1 atom stereocenters. The minimum absolute atomic E-state index is 0.156. The first kappa shape index (κ1) is 15.9. The molecule has 3 heterocycles. The molecule has 1 saturated heterocycles. The Morgan fingerprint density at radius 1 is 1.48 bits per heavy atom. The summed E-state index contributed by atoms with van der Waals surface area (Å²) in [5, 5.41) is 2.99. The van der Waals surface area contributed by atoms with Gasteiger partial charge in [-0.2, -0.15) is 0 Å². The molecule has 5 nitrogen and oxygen atoms in total. The number of hydrogen-bond donors (Lipinski definition) is 0. The van der Waals surface area contributed by atoms with E-state index in [0.29, 0.717) is 6.42 Å². The smallest absolute Gasteiger partial charge is 0.229 e. The first-order chi connectivity index (χ1) is 11.0. The molecule has 6 heteroatoms. The van der Waals surface area contributed by atoms with Crippen LogP contribution in [0.4, 0.5) is 5.82 Å². The van der Waals surface area contributed by atoms with Crippen LogP contribution in [0.15, 0.2) is 23.7 Å². The lowest BCUT2D eigenvalue weighted by molar-refractivity contribution is -0.131. The maximum absolute atomic E-state index is 12.7. The number of thiazole rings is 1. The third-order valence-electron chi connectivity index (χ3n) is 4.18. The van der Waals surface area contributed by atoms with Crippen molar-refractivity contribution in [1.29, 1.82) is 0 Å². The molecule has 1 unspecified atom stereocenters. The largest absolute Gasteiger partial charge is 0.363 e. The van der Waals surface area contributed by atoms with Crippen LogP contribution in [0.1, 0.15) is 35.1 Å². The van der Waals surface area contributed by atoms with Gasteiger partial charge in [-0.1, -0.05) is 0 Å². The molecule has 1 aliphatic rings. The van der Waals surface area contributed by atoms with Crippen molar-refractivity contribution < 1.29 is 4.79 Å². The van der Waals surface area contributed by atoms with Crippen LogP contribution in [0.25, 0.3) is 0 Å². The SMILES string of the molecule is Cc1nc(CC(=O)N2CCCC2c2ccnc(N(C)C)c2)cs1. The second-order valence-electron chi connectivity index (χ2n) is 6.12. The van der Waals surface area contributed by atoms with Gasteiger partial charge in [0.15, 0.2) is 0 Å². The van der Waals surface area contributed by atoms with E-state index in [2.05, 4.69) is 16.0 Å². The number of rotatable bonds is 4. The van der Waals surface area contributed by atoms with Crippen molar-refractivity contribution in [3.63, 3.8) is 0 Å². The van der Waals surface area contributed by atoms with Gasteiger partial charge < -0.3 is 9.80 Å². The summed E-state index contributed by atoms with van der Waals surface area (Å²) in [6, 6.07) is 4.27. The van der Waals surface area contributed by atoms with E-state index in [-0.39, 0.29) is 11.9 Å². The molecule has 0 saturated carbocycles. The molecular formula is C17H22N4OS. The summed E-state index contributed by atoms with van der Waals surface area (Å²) in [6.07, 6.45) is 4.28. The maximum atomic E-state index is 12.7. The minimum Gasteiger partial charge on any atom is -0.363 e. The second-order valence-corrected chi connectivity index (χ2v) is 7.18. The fourth-order valence-corrected chi connectivity index (χ4v) is 3.66. The topological polar surface area (TPSA) is 49.3 Å². The number of aromatic nitrogens is 2. The predicted octanol–water partition coefficient (Wildman–Crippen LogP) is 2.82. The summed E-state index contributed by atoms with van der Waals surface area (Å²) in [7, 11) is 3.96. The molecule has 0 radical (unpaired) electrons. The van der Waals surface area contributed by atoms with E-state index in [1.54, 1.807) is 11.3 Å². The normalized spacial score (nSPS) is 17.5. The van der Waals surface area contributed by atoms with Gasteiger partial charge in [-0.3, -0.25) is 4.79 Å². The zero-order valence-electron chi connectivity index (χ0n) is 13.8. The number of pyridine rings is 1. The Balaban J connectivity index is 1.77. The Hall–Kier alpha value is -1.95. The Morgan fingerprint density at radius 3 is 3.00 bits per heavy atom. The van der Waals surface area contributed by atoms with Crippen molar-refractivity contribution in [3.05, 3.63) is 40.0 Å². The second kappa shape index (κ2) is 6.66. The molecule has 2 aromatic heterocycles. The van der Waals surface area contributed by atoms with E-state index < -0.39 is 0 Å². The number of nitrogens with zero attached hydrogens (tertiary/aromatic N) is 4. The van der Waals surface area contributed by atoms with Crippen LogP contribution in [0.3, 0.4) is 0 Å². The number of hydrogen-bond acceptors (Lipinski definition) is 5. The highest BCUT2D eigenvalue weighted by Gasteiger charge is 2.30. The molecule has 1 aliphatic heterocycles. The Kier molecular flexibility index (Phi) is 4.61. The highest BCUT2D eigenvalue weighted by Crippen LogP contribution is 2.33. The summed E-state index contributed by atoms with van der Waals surface area (Å²) in [5.41, 5.74) is 2.05. The van der Waals surface area contributed by atoms with Crippen molar-refractivity contribution >= 4 is 23.1 Å². The van der Waals surface area contributed by atoms with Crippen LogP contribution in [0.2, 0.25) is 0 Å². The van der Waals surface area contributed by atoms with Gasteiger partial charge in [-0.25, -0.2) is 9.97 Å². The van der Waals surface area contributed by atoms with Gasteiger partial charge in [0.1, 0.15) is 5.82 Å². The van der Waals surface area contributed by atoms with E-state index >= 15 is 0 Å². The lowest BCUT2D eigenvalue weighted by Gasteiger charge is -2.25. The molecule has 0 aromatic carbocycles. The molecule has 23 heavy (non-hydrogen) atoms. The lowest BCUT2D eigenvalue weighted by atomic mass is 10.1. The molecule has 1 fully saturated rings. The molecule has 0 aliphatic carbocycles. The van der Waals surface area contributed by atoms with Crippen LogP contribution in [-0.2, 0) is 11.2 Å². The van der Waals surface area contributed by atoms with Crippen molar-refractivity contribution in [1.82, 2.24) is 14.9 Å². The zero-order valence-corrected chi connectivity index (χ0v) is 14.6. The fraction of sp³-hybridized carbons (Fsp3) is 0.471. The lowest BCUT2D eigenvalue weighted by Crippen LogP contribution is -2.32. The average molecular weight is 330 g/mol. The van der Waals surface area contributed by atoms with Crippen LogP contribution in [0, 0.1) is 6.92 Å². The number of carbonyl (C=O) groups excluding carboxylic acids is 1. The van der Waals surface area contributed by atoms with Gasteiger partial charge in [-0.15, -0.1) is 11.3 Å². The Labute approximate surface area is 141 Å². The van der Waals surface area contributed by atoms with Crippen molar-refractivity contribution in [2.75, 3.05) is 25.5 Å². The van der Waals surface area contributed by atoms with E-state index in [1.165, 1.54) is 5.56 Å². The van der Waals surface area contributed by atoms with Crippen molar-refractivity contribution in [2.24, 2.45) is 0 Å². The van der Waals surface area contributed by atoms with Crippen molar-refractivity contribution in [2.45, 2.75) is 32.2 Å². The molecule has 0 N–H and O–H groups in total. The van der Waals surface area contributed by atoms with Crippen LogP contribution >= 0.6 is 11.3 Å². The molecule has 122 valence electrons. The van der Waals surface area contributed by atoms with Gasteiger partial charge in [0.05, 0.1) is 23.2 Å². The van der Waals surface area contributed by atoms with E-state index in [4.69, 9.17) is 0 Å². The maximum Gasteiger partial charge on any atom is 0.229 e. The van der Waals surface area contributed by atoms with E-state index in [1.807, 2.05) is 48.5 Å². The van der Waals surface area contributed by atoms with Gasteiger partial charge in [0.2, 0.25) is 5.91 Å². The molecule has 3 rings (SSSR count). The number of amides is 1. The third-order valence-corrected chi connectivity index (χ3v) is 5.01. The monoisotopic (exact) mass is 330 g/mol. The van der Waals surface area contributed by atoms with Gasteiger partial charge in [-0.05, 0) is 37.5 Å². The zero-order chi connectivity index (χ0) is 16.4. The number of aryl methyl sites for hydroxylation is 1. The highest BCUT2D eigenvalue weighted by molar-refractivity contribution is 7.09. The third kappa shape index (κ3) is 3.52. The number of likely N-dealkylation sites (tertiary alicyclic amines) is 1. The van der Waals surface area contributed by atoms with Crippen molar-refractivity contribution in [3.8, 4) is 0 Å². The Bertz CT molecular complexity index is 697. The summed E-state index contributed by atoms with van der Waals surface area (Å²) < 4.78 is 0. The standard InChI is InChI=1S/C17H22N4OS/c1-12-19-14(11-23-12)10-17(22)21-8-4-5-15(21)13-6-7-18-16(9-13)20(2)3/h6-7,9,11,15H,4-5,8,10H2,1-3H3. The molecular weight excluding hydrogens is 308 g/mol. The summed E-state index contributed by atoms with van der Waals surface area (Å²) in [5.74, 6) is 1.10. The number of anilines is 1. The first-order valence-electron chi connectivity index (χ1n) is 7.88. The van der Waals surface area contributed by atoms with Gasteiger partial charge in [0, 0.05) is 32.2 Å². The van der Waals surface area contributed by atoms with Gasteiger partial charge in [0.25, 0.3) is 0 Å².